The number of rotatable bonds is 5. The van der Waals surface area contributed by atoms with Crippen LogP contribution in [0, 0.1) is 11.7 Å². The first-order chi connectivity index (χ1) is 17.0. The molecule has 1 aromatic heterocycles. The van der Waals surface area contributed by atoms with Gasteiger partial charge in [-0.2, -0.15) is 13.2 Å². The van der Waals surface area contributed by atoms with E-state index in [0.29, 0.717) is 39.7 Å². The van der Waals surface area contributed by atoms with Crippen LogP contribution in [0.4, 0.5) is 17.6 Å². The highest BCUT2D eigenvalue weighted by molar-refractivity contribution is 7.91. The number of benzene rings is 3. The second-order valence-corrected chi connectivity index (χ2v) is 11.3. The molecule has 0 spiro atoms. The van der Waals surface area contributed by atoms with Crippen LogP contribution in [0.1, 0.15) is 28.8 Å². The topological polar surface area (TPSA) is 56.1 Å². The van der Waals surface area contributed by atoms with Crippen molar-refractivity contribution in [2.24, 2.45) is 5.92 Å². The fourth-order valence-electron chi connectivity index (χ4n) is 4.72. The molecule has 0 bridgehead atoms. The molecule has 0 N–H and O–H groups in total. The van der Waals surface area contributed by atoms with Crippen molar-refractivity contribution < 1.29 is 30.8 Å². The largest absolute Gasteiger partial charge is 0.416 e. The Morgan fingerprint density at radius 3 is 2.42 bits per heavy atom. The zero-order valence-corrected chi connectivity index (χ0v) is 19.7. The minimum Gasteiger partial charge on any atom is -0.316 e. The zero-order chi connectivity index (χ0) is 25.7. The van der Waals surface area contributed by atoms with Crippen LogP contribution in [-0.2, 0) is 16.0 Å². The van der Waals surface area contributed by atoms with Gasteiger partial charge >= 0.3 is 6.18 Å². The minimum absolute atomic E-state index is 0.00731. The number of fused-ring (bicyclic) bond motifs is 1. The third-order valence-corrected chi connectivity index (χ3v) is 8.37. The molecule has 4 nitrogen and oxygen atoms in total. The summed E-state index contributed by atoms with van der Waals surface area (Å²) in [4.78, 5) is 13.0. The molecule has 5 rings (SSSR count). The van der Waals surface area contributed by atoms with Crippen molar-refractivity contribution in [1.29, 1.82) is 0 Å². The van der Waals surface area contributed by atoms with Gasteiger partial charge in [0.2, 0.25) is 0 Å². The first-order valence-electron chi connectivity index (χ1n) is 11.3. The molecule has 1 unspecified atom stereocenters. The third-order valence-electron chi connectivity index (χ3n) is 6.53. The van der Waals surface area contributed by atoms with Gasteiger partial charge in [0.15, 0.2) is 15.6 Å². The van der Waals surface area contributed by atoms with Gasteiger partial charge in [-0.3, -0.25) is 4.79 Å². The van der Waals surface area contributed by atoms with E-state index in [-0.39, 0.29) is 29.6 Å². The van der Waals surface area contributed by atoms with Gasteiger partial charge in [0.1, 0.15) is 5.82 Å². The molecule has 2 heterocycles. The number of hydrogen-bond acceptors (Lipinski definition) is 3. The summed E-state index contributed by atoms with van der Waals surface area (Å²) in [6.07, 6.45) is -2.28. The Hall–Kier alpha value is -3.46. The highest BCUT2D eigenvalue weighted by Crippen LogP contribution is 2.37. The third kappa shape index (κ3) is 4.80. The average Bonchev–Trinajstić information content (AvgIpc) is 3.38. The molecule has 4 aromatic rings. The number of hydrogen-bond donors (Lipinski definition) is 0. The van der Waals surface area contributed by atoms with Gasteiger partial charge < -0.3 is 4.57 Å². The highest BCUT2D eigenvalue weighted by Gasteiger charge is 2.31. The Morgan fingerprint density at radius 1 is 1.00 bits per heavy atom. The number of carbonyl (C=O) groups is 1. The monoisotopic (exact) mass is 515 g/mol. The van der Waals surface area contributed by atoms with E-state index in [1.54, 1.807) is 47.2 Å². The summed E-state index contributed by atoms with van der Waals surface area (Å²) in [7, 11) is -3.11. The van der Waals surface area contributed by atoms with Crippen molar-refractivity contribution in [3.63, 3.8) is 0 Å². The Kier molecular flexibility index (Phi) is 5.98. The number of Topliss-reactive ketones (excluding diaryl/α,β-unsaturated/α-hetero) is 1. The van der Waals surface area contributed by atoms with Crippen molar-refractivity contribution in [3.8, 4) is 16.8 Å². The van der Waals surface area contributed by atoms with E-state index in [9.17, 15) is 30.8 Å². The molecule has 36 heavy (non-hydrogen) atoms. The molecule has 0 radical (unpaired) electrons. The van der Waals surface area contributed by atoms with E-state index in [2.05, 4.69) is 0 Å². The fraction of sp³-hybridized carbons (Fsp3) is 0.222. The maximum atomic E-state index is 13.6. The maximum absolute atomic E-state index is 13.6. The normalized spacial score (nSPS) is 17.5. The molecular formula is C27H21F4NO3S. The predicted molar refractivity (Wildman–Crippen MR) is 129 cm³/mol. The van der Waals surface area contributed by atoms with Crippen LogP contribution in [0.15, 0.2) is 72.9 Å². The molecule has 0 aliphatic carbocycles. The summed E-state index contributed by atoms with van der Waals surface area (Å²) in [6, 6.07) is 15.6. The van der Waals surface area contributed by atoms with Gasteiger partial charge in [-0.25, -0.2) is 12.8 Å². The second-order valence-electron chi connectivity index (χ2n) is 9.10. The smallest absolute Gasteiger partial charge is 0.316 e. The van der Waals surface area contributed by atoms with E-state index >= 15 is 0 Å². The lowest BCUT2D eigenvalue weighted by Crippen LogP contribution is -2.10. The van der Waals surface area contributed by atoms with Crippen LogP contribution in [0.2, 0.25) is 0 Å². The Balaban J connectivity index is 1.61. The predicted octanol–water partition coefficient (Wildman–Crippen LogP) is 6.46. The minimum atomic E-state index is -4.50. The summed E-state index contributed by atoms with van der Waals surface area (Å²) in [5.41, 5.74) is 1.63. The molecule has 1 saturated heterocycles. The molecule has 9 heteroatoms. The van der Waals surface area contributed by atoms with Gasteiger partial charge in [0.25, 0.3) is 0 Å². The zero-order valence-electron chi connectivity index (χ0n) is 18.9. The van der Waals surface area contributed by atoms with Crippen molar-refractivity contribution >= 4 is 26.5 Å². The number of carbonyl (C=O) groups excluding carboxylic acids is 1. The molecular weight excluding hydrogens is 494 g/mol. The quantitative estimate of drug-likeness (QED) is 0.226. The molecule has 0 saturated carbocycles. The molecule has 3 aromatic carbocycles. The SMILES string of the molecule is O=C(CC1CCS(=O)(=O)C1)c1ccc2c(-c3cccc(C(F)(F)F)c3)cn(-c3ccc(F)cc3)c2c1. The number of sulfone groups is 1. The number of halogens is 4. The average molecular weight is 516 g/mol. The second kappa shape index (κ2) is 8.89. The lowest BCUT2D eigenvalue weighted by atomic mass is 9.96. The van der Waals surface area contributed by atoms with E-state index in [4.69, 9.17) is 0 Å². The summed E-state index contributed by atoms with van der Waals surface area (Å²) < 4.78 is 78.8. The lowest BCUT2D eigenvalue weighted by Gasteiger charge is -2.09. The first-order valence-corrected chi connectivity index (χ1v) is 13.1. The molecule has 1 fully saturated rings. The van der Waals surface area contributed by atoms with E-state index in [1.807, 2.05) is 0 Å². The number of alkyl halides is 3. The van der Waals surface area contributed by atoms with Crippen LogP contribution >= 0.6 is 0 Å². The molecule has 186 valence electrons. The van der Waals surface area contributed by atoms with Crippen LogP contribution in [0.5, 0.6) is 0 Å². The molecule has 1 aliphatic heterocycles. The molecule has 1 aliphatic rings. The molecule has 1 atom stereocenters. The van der Waals surface area contributed by atoms with Gasteiger partial charge in [-0.05, 0) is 60.4 Å². The maximum Gasteiger partial charge on any atom is 0.416 e. The summed E-state index contributed by atoms with van der Waals surface area (Å²) in [5.74, 6) is -0.797. The lowest BCUT2D eigenvalue weighted by molar-refractivity contribution is -0.137. The van der Waals surface area contributed by atoms with Crippen LogP contribution in [0.25, 0.3) is 27.7 Å². The van der Waals surface area contributed by atoms with Gasteiger partial charge in [0.05, 0.1) is 22.6 Å². The standard InChI is InChI=1S/C27H21F4NO3S/c28-21-5-7-22(8-6-21)32-15-24(18-2-1-3-20(13-18)27(29,30)31)23-9-4-19(14-25(23)32)26(33)12-17-10-11-36(34,35)16-17/h1-9,13-15,17H,10-12,16H2. The Bertz CT molecular complexity index is 1570. The van der Waals surface area contributed by atoms with Crippen molar-refractivity contribution in [2.75, 3.05) is 11.5 Å². The van der Waals surface area contributed by atoms with Crippen LogP contribution < -0.4 is 0 Å². The molecule has 0 amide bonds. The Morgan fingerprint density at radius 2 is 1.75 bits per heavy atom. The van der Waals surface area contributed by atoms with E-state index in [0.717, 1.165) is 12.1 Å². The van der Waals surface area contributed by atoms with E-state index < -0.39 is 27.4 Å². The van der Waals surface area contributed by atoms with Crippen molar-refractivity contribution in [1.82, 2.24) is 4.57 Å². The summed E-state index contributed by atoms with van der Waals surface area (Å²) >= 11 is 0. The van der Waals surface area contributed by atoms with Gasteiger partial charge in [-0.1, -0.05) is 24.3 Å². The number of nitrogens with zero attached hydrogens (tertiary/aromatic N) is 1. The summed E-state index contributed by atoms with van der Waals surface area (Å²) in [6.45, 7) is 0. The van der Waals surface area contributed by atoms with Crippen molar-refractivity contribution in [3.05, 3.63) is 89.9 Å². The number of aromatic nitrogens is 1. The van der Waals surface area contributed by atoms with Crippen LogP contribution in [-0.4, -0.2) is 30.3 Å². The Labute approximate surface area is 205 Å². The fourth-order valence-corrected chi connectivity index (χ4v) is 6.58. The van der Waals surface area contributed by atoms with Gasteiger partial charge in [-0.15, -0.1) is 0 Å². The van der Waals surface area contributed by atoms with E-state index in [1.165, 1.54) is 18.2 Å². The first kappa shape index (κ1) is 24.2. The van der Waals surface area contributed by atoms with Crippen LogP contribution in [0.3, 0.4) is 0 Å². The van der Waals surface area contributed by atoms with Crippen molar-refractivity contribution in [2.45, 2.75) is 19.0 Å². The number of ketones is 1. The van der Waals surface area contributed by atoms with Gasteiger partial charge in [0, 0.05) is 34.8 Å². The highest BCUT2D eigenvalue weighted by atomic mass is 32.2. The summed E-state index contributed by atoms with van der Waals surface area (Å²) in [5, 5.41) is 0.624.